The van der Waals surface area contributed by atoms with Gasteiger partial charge in [-0.1, -0.05) is 38.1 Å². The lowest BCUT2D eigenvalue weighted by atomic mass is 9.67. The van der Waals surface area contributed by atoms with Crippen molar-refractivity contribution in [3.63, 3.8) is 0 Å². The van der Waals surface area contributed by atoms with Gasteiger partial charge < -0.3 is 10.4 Å². The molecule has 0 heterocycles. The van der Waals surface area contributed by atoms with Gasteiger partial charge in [0.1, 0.15) is 5.60 Å². The lowest BCUT2D eigenvalue weighted by Gasteiger charge is -2.42. The molecule has 1 atom stereocenters. The van der Waals surface area contributed by atoms with Crippen molar-refractivity contribution in [1.82, 2.24) is 5.32 Å². The zero-order valence-electron chi connectivity index (χ0n) is 11.4. The van der Waals surface area contributed by atoms with Crippen molar-refractivity contribution in [3.05, 3.63) is 35.4 Å². The monoisotopic (exact) mass is 245 g/mol. The van der Waals surface area contributed by atoms with E-state index in [4.69, 9.17) is 0 Å². The van der Waals surface area contributed by atoms with E-state index in [1.807, 2.05) is 6.07 Å². The predicted octanol–water partition coefficient (Wildman–Crippen LogP) is 2.70. The molecule has 0 aliphatic heterocycles. The molecule has 0 saturated heterocycles. The summed E-state index contributed by atoms with van der Waals surface area (Å²) < 4.78 is 0. The van der Waals surface area contributed by atoms with Gasteiger partial charge in [-0.2, -0.15) is 0 Å². The highest BCUT2D eigenvalue weighted by molar-refractivity contribution is 5.40. The van der Waals surface area contributed by atoms with Gasteiger partial charge in [0.15, 0.2) is 0 Å². The third-order valence-corrected chi connectivity index (χ3v) is 4.58. The summed E-state index contributed by atoms with van der Waals surface area (Å²) in [4.78, 5) is 0. The highest BCUT2D eigenvalue weighted by Gasteiger charge is 2.41. The SMILES string of the molecule is CC1(C)CCC(O)(CNC2CC2)c2ccccc21. The first-order valence-electron chi connectivity index (χ1n) is 7.07. The molecule has 0 bridgehead atoms. The van der Waals surface area contributed by atoms with E-state index >= 15 is 0 Å². The highest BCUT2D eigenvalue weighted by Crippen LogP contribution is 2.44. The van der Waals surface area contributed by atoms with Gasteiger partial charge in [0, 0.05) is 12.6 Å². The molecule has 1 aromatic rings. The molecule has 2 aliphatic rings. The summed E-state index contributed by atoms with van der Waals surface area (Å²) in [6.07, 6.45) is 4.44. The van der Waals surface area contributed by atoms with E-state index in [1.165, 1.54) is 18.4 Å². The van der Waals surface area contributed by atoms with Gasteiger partial charge in [-0.25, -0.2) is 0 Å². The molecular weight excluding hydrogens is 222 g/mol. The van der Waals surface area contributed by atoms with Crippen molar-refractivity contribution in [3.8, 4) is 0 Å². The topological polar surface area (TPSA) is 32.3 Å². The molecule has 98 valence electrons. The Hall–Kier alpha value is -0.860. The third-order valence-electron chi connectivity index (χ3n) is 4.58. The van der Waals surface area contributed by atoms with E-state index < -0.39 is 5.60 Å². The minimum absolute atomic E-state index is 0.183. The van der Waals surface area contributed by atoms with Crippen LogP contribution in [-0.2, 0) is 11.0 Å². The van der Waals surface area contributed by atoms with Crippen molar-refractivity contribution in [2.45, 2.75) is 56.6 Å². The van der Waals surface area contributed by atoms with Crippen LogP contribution in [0.25, 0.3) is 0 Å². The second-order valence-corrected chi connectivity index (χ2v) is 6.62. The third kappa shape index (κ3) is 2.08. The van der Waals surface area contributed by atoms with Crippen LogP contribution >= 0.6 is 0 Å². The molecule has 0 spiro atoms. The summed E-state index contributed by atoms with van der Waals surface area (Å²) in [6.45, 7) is 5.25. The number of benzene rings is 1. The summed E-state index contributed by atoms with van der Waals surface area (Å²) in [5.41, 5.74) is 1.96. The minimum Gasteiger partial charge on any atom is -0.384 e. The summed E-state index contributed by atoms with van der Waals surface area (Å²) in [5.74, 6) is 0. The van der Waals surface area contributed by atoms with Crippen molar-refractivity contribution < 1.29 is 5.11 Å². The number of aliphatic hydroxyl groups is 1. The zero-order valence-corrected chi connectivity index (χ0v) is 11.4. The average Bonchev–Trinajstić information content (AvgIpc) is 3.17. The number of fused-ring (bicyclic) bond motifs is 1. The van der Waals surface area contributed by atoms with Crippen LogP contribution in [0.2, 0.25) is 0 Å². The molecule has 0 aromatic heterocycles. The molecule has 1 fully saturated rings. The molecule has 2 aliphatic carbocycles. The Morgan fingerprint density at radius 1 is 1.17 bits per heavy atom. The van der Waals surface area contributed by atoms with Gasteiger partial charge >= 0.3 is 0 Å². The van der Waals surface area contributed by atoms with Crippen molar-refractivity contribution in [2.24, 2.45) is 0 Å². The van der Waals surface area contributed by atoms with Gasteiger partial charge in [-0.3, -0.25) is 0 Å². The summed E-state index contributed by atoms with van der Waals surface area (Å²) in [5, 5.41) is 14.5. The summed E-state index contributed by atoms with van der Waals surface area (Å²) in [7, 11) is 0. The van der Waals surface area contributed by atoms with Crippen LogP contribution in [0.3, 0.4) is 0 Å². The lowest BCUT2D eigenvalue weighted by Crippen LogP contribution is -2.45. The largest absolute Gasteiger partial charge is 0.384 e. The first-order valence-corrected chi connectivity index (χ1v) is 7.07. The fraction of sp³-hybridized carbons (Fsp3) is 0.625. The van der Waals surface area contributed by atoms with Gasteiger partial charge in [0.2, 0.25) is 0 Å². The zero-order chi connectivity index (χ0) is 12.8. The second kappa shape index (κ2) is 4.07. The minimum atomic E-state index is -0.672. The number of hydrogen-bond acceptors (Lipinski definition) is 2. The summed E-state index contributed by atoms with van der Waals surface area (Å²) in [6, 6.07) is 9.06. The number of hydrogen-bond donors (Lipinski definition) is 2. The van der Waals surface area contributed by atoms with Crippen LogP contribution in [0.1, 0.15) is 50.7 Å². The lowest BCUT2D eigenvalue weighted by molar-refractivity contribution is 0.00904. The Morgan fingerprint density at radius 3 is 2.50 bits per heavy atom. The van der Waals surface area contributed by atoms with Crippen LogP contribution in [-0.4, -0.2) is 17.7 Å². The summed E-state index contributed by atoms with van der Waals surface area (Å²) >= 11 is 0. The fourth-order valence-electron chi connectivity index (χ4n) is 3.05. The Bertz CT molecular complexity index is 450. The molecular formula is C16H23NO. The molecule has 2 nitrogen and oxygen atoms in total. The number of rotatable bonds is 3. The van der Waals surface area contributed by atoms with Gasteiger partial charge in [0.25, 0.3) is 0 Å². The maximum absolute atomic E-state index is 11.0. The first-order chi connectivity index (χ1) is 8.51. The van der Waals surface area contributed by atoms with E-state index in [1.54, 1.807) is 0 Å². The predicted molar refractivity (Wildman–Crippen MR) is 73.6 cm³/mol. The van der Waals surface area contributed by atoms with E-state index in [-0.39, 0.29) is 5.41 Å². The normalized spacial score (nSPS) is 29.9. The quantitative estimate of drug-likeness (QED) is 0.858. The molecule has 1 unspecified atom stereocenters. The van der Waals surface area contributed by atoms with Gasteiger partial charge in [-0.15, -0.1) is 0 Å². The van der Waals surface area contributed by atoms with Gasteiger partial charge in [-0.05, 0) is 42.2 Å². The Kier molecular flexibility index (Phi) is 2.76. The molecule has 2 heteroatoms. The van der Waals surface area contributed by atoms with E-state index in [2.05, 4.69) is 37.4 Å². The molecule has 2 N–H and O–H groups in total. The Morgan fingerprint density at radius 2 is 1.83 bits per heavy atom. The maximum atomic E-state index is 11.0. The molecule has 0 radical (unpaired) electrons. The van der Waals surface area contributed by atoms with E-state index in [9.17, 15) is 5.11 Å². The van der Waals surface area contributed by atoms with Crippen molar-refractivity contribution in [1.29, 1.82) is 0 Å². The first kappa shape index (κ1) is 12.2. The van der Waals surface area contributed by atoms with Crippen LogP contribution < -0.4 is 5.32 Å². The van der Waals surface area contributed by atoms with Crippen molar-refractivity contribution in [2.75, 3.05) is 6.54 Å². The van der Waals surface area contributed by atoms with Crippen LogP contribution in [0.5, 0.6) is 0 Å². The molecule has 0 amide bonds. The van der Waals surface area contributed by atoms with E-state index in [0.29, 0.717) is 12.6 Å². The smallest absolute Gasteiger partial charge is 0.102 e. The standard InChI is InChI=1S/C16H23NO/c1-15(2)9-10-16(18,11-17-12-7-8-12)14-6-4-3-5-13(14)15/h3-6,12,17-18H,7-11H2,1-2H3. The molecule has 3 rings (SSSR count). The molecule has 1 aromatic carbocycles. The van der Waals surface area contributed by atoms with Crippen molar-refractivity contribution >= 4 is 0 Å². The Labute approximate surface area is 109 Å². The number of nitrogens with one attached hydrogen (secondary N) is 1. The van der Waals surface area contributed by atoms with Crippen LogP contribution in [0.4, 0.5) is 0 Å². The maximum Gasteiger partial charge on any atom is 0.102 e. The second-order valence-electron chi connectivity index (χ2n) is 6.62. The highest BCUT2D eigenvalue weighted by atomic mass is 16.3. The van der Waals surface area contributed by atoms with Crippen LogP contribution in [0.15, 0.2) is 24.3 Å². The van der Waals surface area contributed by atoms with Crippen LogP contribution in [0, 0.1) is 0 Å². The Balaban J connectivity index is 1.92. The van der Waals surface area contributed by atoms with Gasteiger partial charge in [0.05, 0.1) is 0 Å². The molecule has 18 heavy (non-hydrogen) atoms. The average molecular weight is 245 g/mol. The molecule has 1 saturated carbocycles. The van der Waals surface area contributed by atoms with E-state index in [0.717, 1.165) is 18.4 Å². The fourth-order valence-corrected chi connectivity index (χ4v) is 3.05.